The van der Waals surface area contributed by atoms with Crippen molar-refractivity contribution < 1.29 is 32.2 Å². The van der Waals surface area contributed by atoms with Crippen LogP contribution in [0.15, 0.2) is 53.4 Å². The molecule has 1 fully saturated rings. The normalized spacial score (nSPS) is 14.9. The van der Waals surface area contributed by atoms with E-state index in [1.165, 1.54) is 38.3 Å². The maximum absolute atomic E-state index is 12.4. The van der Waals surface area contributed by atoms with E-state index in [1.54, 1.807) is 12.1 Å². The van der Waals surface area contributed by atoms with Gasteiger partial charge in [-0.05, 0) is 55.5 Å². The van der Waals surface area contributed by atoms with Crippen LogP contribution in [-0.4, -0.2) is 66.4 Å². The third kappa shape index (κ3) is 6.91. The molecule has 1 atom stereocenters. The van der Waals surface area contributed by atoms with Gasteiger partial charge in [-0.1, -0.05) is 0 Å². The van der Waals surface area contributed by atoms with Gasteiger partial charge in [0, 0.05) is 24.5 Å². The van der Waals surface area contributed by atoms with E-state index in [-0.39, 0.29) is 4.90 Å². The molecule has 33 heavy (non-hydrogen) atoms. The molecule has 0 unspecified atom stereocenters. The van der Waals surface area contributed by atoms with Gasteiger partial charge in [-0.15, -0.1) is 0 Å². The van der Waals surface area contributed by atoms with Crippen LogP contribution in [0.25, 0.3) is 0 Å². The number of amides is 1. The second-order valence-corrected chi connectivity index (χ2v) is 9.03. The molecule has 0 aliphatic carbocycles. The van der Waals surface area contributed by atoms with Crippen molar-refractivity contribution in [2.45, 2.75) is 17.9 Å². The second-order valence-electron chi connectivity index (χ2n) is 7.32. The number of hydrogen-bond donors (Lipinski definition) is 2. The zero-order valence-corrected chi connectivity index (χ0v) is 19.3. The molecule has 3 rings (SSSR count). The number of morpholine rings is 1. The largest absolute Gasteiger partial charge is 0.497 e. The van der Waals surface area contributed by atoms with Crippen LogP contribution >= 0.6 is 0 Å². The monoisotopic (exact) mass is 477 g/mol. The topological polar surface area (TPSA) is 123 Å². The number of methoxy groups -OCH3 is 1. The molecule has 1 heterocycles. The average molecular weight is 478 g/mol. The van der Waals surface area contributed by atoms with Gasteiger partial charge in [-0.25, -0.2) is 8.42 Å². The smallest absolute Gasteiger partial charge is 0.324 e. The lowest BCUT2D eigenvalue weighted by molar-refractivity contribution is -0.148. The van der Waals surface area contributed by atoms with Crippen molar-refractivity contribution in [3.05, 3.63) is 48.5 Å². The van der Waals surface area contributed by atoms with Gasteiger partial charge in [-0.2, -0.15) is 4.72 Å². The van der Waals surface area contributed by atoms with Gasteiger partial charge < -0.3 is 24.4 Å². The molecule has 11 heteroatoms. The highest BCUT2D eigenvalue weighted by Crippen LogP contribution is 2.19. The van der Waals surface area contributed by atoms with Crippen molar-refractivity contribution in [2.24, 2.45) is 0 Å². The molecule has 1 amide bonds. The maximum Gasteiger partial charge on any atom is 0.324 e. The highest BCUT2D eigenvalue weighted by atomic mass is 32.2. The van der Waals surface area contributed by atoms with E-state index in [9.17, 15) is 18.0 Å². The molecule has 178 valence electrons. The van der Waals surface area contributed by atoms with E-state index < -0.39 is 34.5 Å². The van der Waals surface area contributed by atoms with E-state index in [2.05, 4.69) is 14.9 Å². The van der Waals surface area contributed by atoms with Crippen LogP contribution < -0.4 is 19.7 Å². The summed E-state index contributed by atoms with van der Waals surface area (Å²) in [4.78, 5) is 26.5. The summed E-state index contributed by atoms with van der Waals surface area (Å²) in [6.07, 6.45) is 0. The number of hydrogen-bond acceptors (Lipinski definition) is 8. The summed E-state index contributed by atoms with van der Waals surface area (Å²) in [6.45, 7) is 3.77. The van der Waals surface area contributed by atoms with Crippen LogP contribution in [0.3, 0.4) is 0 Å². The molecular weight excluding hydrogens is 450 g/mol. The molecule has 0 radical (unpaired) electrons. The number of sulfonamides is 1. The Morgan fingerprint density at radius 3 is 2.30 bits per heavy atom. The first kappa shape index (κ1) is 24.5. The molecule has 2 aromatic carbocycles. The summed E-state index contributed by atoms with van der Waals surface area (Å²) in [5.74, 6) is -0.902. The fourth-order valence-corrected chi connectivity index (χ4v) is 4.33. The van der Waals surface area contributed by atoms with Crippen molar-refractivity contribution in [3.8, 4) is 5.75 Å². The van der Waals surface area contributed by atoms with Gasteiger partial charge in [0.25, 0.3) is 5.91 Å². The molecule has 2 N–H and O–H groups in total. The van der Waals surface area contributed by atoms with Gasteiger partial charge in [-0.3, -0.25) is 9.59 Å². The summed E-state index contributed by atoms with van der Waals surface area (Å²) >= 11 is 0. The van der Waals surface area contributed by atoms with E-state index in [0.29, 0.717) is 24.7 Å². The fourth-order valence-electron chi connectivity index (χ4n) is 3.14. The Balaban J connectivity index is 1.46. The summed E-state index contributed by atoms with van der Waals surface area (Å²) < 4.78 is 42.4. The van der Waals surface area contributed by atoms with E-state index in [1.807, 2.05) is 12.1 Å². The number of nitrogens with zero attached hydrogens (tertiary/aromatic N) is 1. The number of carbonyl (C=O) groups is 2. The first-order valence-electron chi connectivity index (χ1n) is 10.3. The number of anilines is 2. The summed E-state index contributed by atoms with van der Waals surface area (Å²) in [7, 11) is -2.48. The Morgan fingerprint density at radius 1 is 1.06 bits per heavy atom. The molecular formula is C22H27N3O7S. The van der Waals surface area contributed by atoms with Crippen molar-refractivity contribution in [1.82, 2.24) is 4.72 Å². The predicted octanol–water partition coefficient (Wildman–Crippen LogP) is 1.38. The highest BCUT2D eigenvalue weighted by molar-refractivity contribution is 7.89. The Labute approximate surface area is 192 Å². The summed E-state index contributed by atoms with van der Waals surface area (Å²) in [5, 5.41) is 2.64. The third-order valence-corrected chi connectivity index (χ3v) is 6.48. The number of nitrogens with one attached hydrogen (secondary N) is 2. The van der Waals surface area contributed by atoms with Crippen LogP contribution in [0, 0.1) is 0 Å². The zero-order chi connectivity index (χ0) is 23.8. The average Bonchev–Trinajstić information content (AvgIpc) is 2.83. The number of ether oxygens (including phenoxy) is 3. The van der Waals surface area contributed by atoms with Crippen molar-refractivity contribution in [3.63, 3.8) is 0 Å². The molecule has 0 spiro atoms. The minimum Gasteiger partial charge on any atom is -0.497 e. The molecule has 1 aliphatic rings. The number of rotatable bonds is 9. The molecule has 2 aromatic rings. The van der Waals surface area contributed by atoms with E-state index >= 15 is 0 Å². The Hall–Kier alpha value is -3.15. The first-order chi connectivity index (χ1) is 15.8. The SMILES string of the molecule is COc1ccc(S(=O)(=O)N[C@@H](C)C(=O)OCC(=O)Nc2ccc(N3CCOCC3)cc2)cc1. The standard InChI is InChI=1S/C22H27N3O7S/c1-16(24-33(28,29)20-9-7-19(30-2)8-10-20)22(27)32-15-21(26)23-17-3-5-18(6-4-17)25-11-13-31-14-12-25/h3-10,16,24H,11-15H2,1-2H3,(H,23,26)/t16-/m0/s1. The van der Waals surface area contributed by atoms with Crippen LogP contribution in [0.4, 0.5) is 11.4 Å². The van der Waals surface area contributed by atoms with Crippen molar-refractivity contribution in [2.75, 3.05) is 50.2 Å². The number of benzene rings is 2. The predicted molar refractivity (Wildman–Crippen MR) is 122 cm³/mol. The van der Waals surface area contributed by atoms with E-state index in [4.69, 9.17) is 14.2 Å². The zero-order valence-electron chi connectivity index (χ0n) is 18.4. The van der Waals surface area contributed by atoms with Crippen LogP contribution in [0.5, 0.6) is 5.75 Å². The van der Waals surface area contributed by atoms with Gasteiger partial charge in [0.1, 0.15) is 11.8 Å². The molecule has 1 saturated heterocycles. The quantitative estimate of drug-likeness (QED) is 0.520. The van der Waals surface area contributed by atoms with Gasteiger partial charge in [0.15, 0.2) is 6.61 Å². The Bertz CT molecular complexity index is 1050. The van der Waals surface area contributed by atoms with Crippen LogP contribution in [-0.2, 0) is 29.1 Å². The second kappa shape index (κ2) is 11.1. The lowest BCUT2D eigenvalue weighted by Gasteiger charge is -2.28. The van der Waals surface area contributed by atoms with Crippen molar-refractivity contribution in [1.29, 1.82) is 0 Å². The third-order valence-electron chi connectivity index (χ3n) is 4.93. The summed E-state index contributed by atoms with van der Waals surface area (Å²) in [6, 6.07) is 11.8. The molecule has 0 saturated carbocycles. The van der Waals surface area contributed by atoms with Crippen molar-refractivity contribution >= 4 is 33.3 Å². The van der Waals surface area contributed by atoms with E-state index in [0.717, 1.165) is 18.8 Å². The Morgan fingerprint density at radius 2 is 1.70 bits per heavy atom. The summed E-state index contributed by atoms with van der Waals surface area (Å²) in [5.41, 5.74) is 1.59. The first-order valence-corrected chi connectivity index (χ1v) is 11.8. The minimum atomic E-state index is -3.95. The molecule has 0 aromatic heterocycles. The lowest BCUT2D eigenvalue weighted by atomic mass is 10.2. The number of carbonyl (C=O) groups excluding carboxylic acids is 2. The van der Waals surface area contributed by atoms with Gasteiger partial charge in [0.05, 0.1) is 25.2 Å². The lowest BCUT2D eigenvalue weighted by Crippen LogP contribution is -2.40. The highest BCUT2D eigenvalue weighted by Gasteiger charge is 2.24. The molecule has 10 nitrogen and oxygen atoms in total. The van der Waals surface area contributed by atoms with Gasteiger partial charge >= 0.3 is 5.97 Å². The molecule has 0 bridgehead atoms. The minimum absolute atomic E-state index is 0.0266. The van der Waals surface area contributed by atoms with Crippen LogP contribution in [0.2, 0.25) is 0 Å². The van der Waals surface area contributed by atoms with Gasteiger partial charge in [0.2, 0.25) is 10.0 Å². The molecule has 1 aliphatic heterocycles. The number of esters is 1. The van der Waals surface area contributed by atoms with Crippen LogP contribution in [0.1, 0.15) is 6.92 Å². The maximum atomic E-state index is 12.4. The fraction of sp³-hybridized carbons (Fsp3) is 0.364. The Kier molecular flexibility index (Phi) is 8.26.